The summed E-state index contributed by atoms with van der Waals surface area (Å²) in [5.41, 5.74) is 2.67. The van der Waals surface area contributed by atoms with Crippen LogP contribution in [0.4, 0.5) is 8.78 Å². The Morgan fingerprint density at radius 1 is 1.06 bits per heavy atom. The third kappa shape index (κ3) is 5.19. The van der Waals surface area contributed by atoms with Gasteiger partial charge in [0.25, 0.3) is 0 Å². The Morgan fingerprint density at radius 3 is 2.62 bits per heavy atom. The zero-order chi connectivity index (χ0) is 24.2. The molecule has 0 radical (unpaired) electrons. The highest BCUT2D eigenvalue weighted by Crippen LogP contribution is 2.24. The fourth-order valence-corrected chi connectivity index (χ4v) is 3.81. The average molecular weight is 483 g/mol. The predicted octanol–water partition coefficient (Wildman–Crippen LogP) is 4.17. The van der Waals surface area contributed by atoms with Crippen LogP contribution in [0, 0.1) is 18.6 Å². The number of hydrogen-bond donors (Lipinski definition) is 2. The van der Waals surface area contributed by atoms with Crippen LogP contribution < -0.4 is 4.72 Å². The smallest absolute Gasteiger partial charge is 0.231 e. The molecule has 2 heterocycles. The van der Waals surface area contributed by atoms with Gasteiger partial charge in [-0.1, -0.05) is 6.07 Å². The quantitative estimate of drug-likeness (QED) is 0.222. The molecule has 0 aliphatic carbocycles. The summed E-state index contributed by atoms with van der Waals surface area (Å²) in [4.78, 5) is 26.2. The van der Waals surface area contributed by atoms with E-state index in [1.807, 2.05) is 19.1 Å². The second-order valence-corrected chi connectivity index (χ2v) is 8.41. The molecule has 0 fully saturated rings. The normalized spacial score (nSPS) is 12.1. The molecule has 2 aromatic carbocycles. The number of aryl methyl sites for hydroxylation is 2. The van der Waals surface area contributed by atoms with E-state index in [-0.39, 0.29) is 24.1 Å². The molecule has 0 saturated carbocycles. The van der Waals surface area contributed by atoms with Crippen molar-refractivity contribution in [2.24, 2.45) is 0 Å². The van der Waals surface area contributed by atoms with Crippen LogP contribution in [0.5, 0.6) is 0 Å². The maximum absolute atomic E-state index is 15.1. The molecule has 0 amide bonds. The van der Waals surface area contributed by atoms with Crippen molar-refractivity contribution in [3.8, 4) is 11.3 Å². The van der Waals surface area contributed by atoms with Gasteiger partial charge in [0.05, 0.1) is 28.5 Å². The number of carbonyl (C=O) groups excluding carboxylic acids is 1. The minimum absolute atomic E-state index is 0.0771. The van der Waals surface area contributed by atoms with Crippen molar-refractivity contribution >= 4 is 28.1 Å². The van der Waals surface area contributed by atoms with Gasteiger partial charge in [0.2, 0.25) is 11.3 Å². The van der Waals surface area contributed by atoms with Crippen LogP contribution in [0.3, 0.4) is 0 Å². The van der Waals surface area contributed by atoms with Crippen molar-refractivity contribution in [2.75, 3.05) is 6.54 Å². The summed E-state index contributed by atoms with van der Waals surface area (Å²) < 4.78 is 51.2. The highest BCUT2D eigenvalue weighted by molar-refractivity contribution is 7.77. The van der Waals surface area contributed by atoms with Crippen molar-refractivity contribution < 1.29 is 22.3 Å². The van der Waals surface area contributed by atoms with Gasteiger partial charge >= 0.3 is 0 Å². The SMILES string of the molecule is Cc1ccc(-c2cnc3ccc(C(=O)c4c(F)ccc(CCCNS(=O)O)c4F)cc3n2)cn1. The Morgan fingerprint density at radius 2 is 1.88 bits per heavy atom. The third-order valence-corrected chi connectivity index (χ3v) is 5.71. The van der Waals surface area contributed by atoms with E-state index in [1.165, 1.54) is 18.2 Å². The maximum atomic E-state index is 15.1. The number of nitrogens with zero attached hydrogens (tertiary/aromatic N) is 3. The van der Waals surface area contributed by atoms with Crippen molar-refractivity contribution in [3.05, 3.63) is 88.9 Å². The first kappa shape index (κ1) is 23.7. The molecule has 4 rings (SSSR count). The second-order valence-electron chi connectivity index (χ2n) is 7.62. The van der Waals surface area contributed by atoms with Gasteiger partial charge in [0, 0.05) is 29.6 Å². The Kier molecular flexibility index (Phi) is 7.11. The number of rotatable bonds is 8. The molecule has 2 N–H and O–H groups in total. The highest BCUT2D eigenvalue weighted by Gasteiger charge is 2.22. The molecule has 4 aromatic rings. The molecule has 174 valence electrons. The van der Waals surface area contributed by atoms with Gasteiger partial charge in [-0.15, -0.1) is 0 Å². The van der Waals surface area contributed by atoms with Crippen molar-refractivity contribution in [1.82, 2.24) is 19.7 Å². The molecule has 0 bridgehead atoms. The van der Waals surface area contributed by atoms with Crippen LogP contribution in [0.25, 0.3) is 22.3 Å². The van der Waals surface area contributed by atoms with E-state index in [1.54, 1.807) is 18.5 Å². The first-order chi connectivity index (χ1) is 16.3. The molecule has 2 aromatic heterocycles. The zero-order valence-corrected chi connectivity index (χ0v) is 18.9. The Hall–Kier alpha value is -3.47. The Labute approximate surface area is 196 Å². The number of nitrogens with one attached hydrogen (secondary N) is 1. The summed E-state index contributed by atoms with van der Waals surface area (Å²) in [6.45, 7) is 2.03. The molecule has 0 aliphatic heterocycles. The van der Waals surface area contributed by atoms with Gasteiger partial charge in [-0.25, -0.2) is 22.7 Å². The fourth-order valence-electron chi connectivity index (χ4n) is 3.49. The second kappa shape index (κ2) is 10.2. The van der Waals surface area contributed by atoms with E-state index in [9.17, 15) is 13.4 Å². The van der Waals surface area contributed by atoms with Crippen molar-refractivity contribution in [1.29, 1.82) is 0 Å². The number of hydrogen-bond acceptors (Lipinski definition) is 5. The van der Waals surface area contributed by atoms with E-state index in [2.05, 4.69) is 19.7 Å². The van der Waals surface area contributed by atoms with Gasteiger partial charge in [-0.3, -0.25) is 19.3 Å². The van der Waals surface area contributed by atoms with Gasteiger partial charge in [0.15, 0.2) is 5.78 Å². The number of fused-ring (bicyclic) bond motifs is 1. The maximum Gasteiger partial charge on any atom is 0.231 e. The molecular weight excluding hydrogens is 462 g/mol. The lowest BCUT2D eigenvalue weighted by Crippen LogP contribution is -2.18. The van der Waals surface area contributed by atoms with E-state index < -0.39 is 34.2 Å². The monoisotopic (exact) mass is 482 g/mol. The topological polar surface area (TPSA) is 105 Å². The van der Waals surface area contributed by atoms with Crippen LogP contribution in [0.15, 0.2) is 54.9 Å². The molecule has 10 heteroatoms. The van der Waals surface area contributed by atoms with Crippen LogP contribution in [-0.4, -0.2) is 36.0 Å². The summed E-state index contributed by atoms with van der Waals surface area (Å²) in [6, 6.07) is 10.5. The molecule has 0 aliphatic rings. The predicted molar refractivity (Wildman–Crippen MR) is 124 cm³/mol. The molecule has 7 nitrogen and oxygen atoms in total. The zero-order valence-electron chi connectivity index (χ0n) is 18.1. The van der Waals surface area contributed by atoms with Crippen molar-refractivity contribution in [3.63, 3.8) is 0 Å². The number of aromatic nitrogens is 3. The number of ketones is 1. The molecule has 34 heavy (non-hydrogen) atoms. The minimum atomic E-state index is -2.17. The number of benzene rings is 2. The third-order valence-electron chi connectivity index (χ3n) is 5.26. The minimum Gasteiger partial charge on any atom is -0.294 e. The van der Waals surface area contributed by atoms with Crippen LogP contribution in [0.2, 0.25) is 0 Å². The summed E-state index contributed by atoms with van der Waals surface area (Å²) in [7, 11) is 0. The standard InChI is InChI=1S/C24H20F2N4O3S/c1-14-4-5-17(12-27-14)21-13-28-19-9-7-16(11-20(19)30-21)24(31)22-18(25)8-6-15(23(22)26)3-2-10-29-34(32)33/h4-9,11-13,29H,2-3,10H2,1H3,(H,32,33). The lowest BCUT2D eigenvalue weighted by Gasteiger charge is -2.10. The fraction of sp³-hybridized carbons (Fsp3) is 0.167. The summed E-state index contributed by atoms with van der Waals surface area (Å²) in [5, 5.41) is 0. The van der Waals surface area contributed by atoms with Crippen molar-refractivity contribution in [2.45, 2.75) is 19.8 Å². The summed E-state index contributed by atoms with van der Waals surface area (Å²) in [5.74, 6) is -2.72. The van der Waals surface area contributed by atoms with Gasteiger partial charge < -0.3 is 0 Å². The average Bonchev–Trinajstić information content (AvgIpc) is 2.82. The first-order valence-electron chi connectivity index (χ1n) is 10.4. The van der Waals surface area contributed by atoms with Gasteiger partial charge in [-0.2, -0.15) is 0 Å². The molecule has 0 spiro atoms. The summed E-state index contributed by atoms with van der Waals surface area (Å²) >= 11 is -2.17. The van der Waals surface area contributed by atoms with Gasteiger partial charge in [0.1, 0.15) is 11.6 Å². The number of carbonyl (C=O) groups is 1. The molecule has 1 unspecified atom stereocenters. The van der Waals surface area contributed by atoms with E-state index >= 15 is 4.39 Å². The molecule has 1 atom stereocenters. The van der Waals surface area contributed by atoms with Gasteiger partial charge in [-0.05, 0) is 61.7 Å². The highest BCUT2D eigenvalue weighted by atomic mass is 32.2. The lowest BCUT2D eigenvalue weighted by molar-refractivity contribution is 0.103. The van der Waals surface area contributed by atoms with Crippen LogP contribution in [-0.2, 0) is 17.7 Å². The van der Waals surface area contributed by atoms with Crippen LogP contribution in [0.1, 0.15) is 33.6 Å². The summed E-state index contributed by atoms with van der Waals surface area (Å²) in [6.07, 6.45) is 3.75. The first-order valence-corrected chi connectivity index (χ1v) is 11.5. The van der Waals surface area contributed by atoms with E-state index in [0.29, 0.717) is 23.1 Å². The number of pyridine rings is 1. The van der Waals surface area contributed by atoms with E-state index in [4.69, 9.17) is 4.55 Å². The Balaban J connectivity index is 1.64. The molecular formula is C24H20F2N4O3S. The molecule has 0 saturated heterocycles. The largest absolute Gasteiger partial charge is 0.294 e. The Bertz CT molecular complexity index is 1400. The van der Waals surface area contributed by atoms with Crippen LogP contribution >= 0.6 is 0 Å². The van der Waals surface area contributed by atoms with E-state index in [0.717, 1.165) is 17.3 Å². The lowest BCUT2D eigenvalue weighted by atomic mass is 9.97. The number of halogens is 2.